The Balaban J connectivity index is 2.28. The van der Waals surface area contributed by atoms with Crippen LogP contribution in [0.5, 0.6) is 0 Å². The molecule has 18 heavy (non-hydrogen) atoms. The lowest BCUT2D eigenvalue weighted by atomic mass is 10.2. The molecule has 0 aromatic carbocycles. The van der Waals surface area contributed by atoms with Gasteiger partial charge in [0.2, 0.25) is 0 Å². The van der Waals surface area contributed by atoms with Crippen LogP contribution in [0.15, 0.2) is 35.1 Å². The van der Waals surface area contributed by atoms with E-state index in [4.69, 9.17) is 10.2 Å². The predicted octanol–water partition coefficient (Wildman–Crippen LogP) is 2.47. The molecule has 0 saturated carbocycles. The zero-order valence-electron chi connectivity index (χ0n) is 10.9. The molecule has 2 rings (SSSR count). The molecule has 0 aliphatic carbocycles. The number of nitrogens with zero attached hydrogens (tertiary/aromatic N) is 2. The van der Waals surface area contributed by atoms with Crippen molar-refractivity contribution in [3.63, 3.8) is 0 Å². The lowest BCUT2D eigenvalue weighted by Gasteiger charge is -2.24. The van der Waals surface area contributed by atoms with Crippen LogP contribution in [0.2, 0.25) is 0 Å². The van der Waals surface area contributed by atoms with E-state index in [1.165, 1.54) is 0 Å². The molecule has 2 heterocycles. The van der Waals surface area contributed by atoms with Gasteiger partial charge < -0.3 is 15.1 Å². The zero-order valence-corrected chi connectivity index (χ0v) is 10.9. The molecule has 0 unspecified atom stereocenters. The Morgan fingerprint density at radius 3 is 2.89 bits per heavy atom. The molecule has 0 amide bonds. The fraction of sp³-hybridized carbons (Fsp3) is 0.357. The van der Waals surface area contributed by atoms with Crippen LogP contribution in [0.4, 0.5) is 5.69 Å². The first-order chi connectivity index (χ1) is 8.74. The zero-order chi connectivity index (χ0) is 13.0. The number of anilines is 1. The van der Waals surface area contributed by atoms with Gasteiger partial charge in [0.1, 0.15) is 5.76 Å². The summed E-state index contributed by atoms with van der Waals surface area (Å²) < 4.78 is 5.40. The van der Waals surface area contributed by atoms with Crippen molar-refractivity contribution in [1.29, 1.82) is 0 Å². The van der Waals surface area contributed by atoms with E-state index < -0.39 is 0 Å². The molecule has 0 radical (unpaired) electrons. The van der Waals surface area contributed by atoms with Crippen molar-refractivity contribution >= 4 is 5.69 Å². The molecule has 96 valence electrons. The number of aryl methyl sites for hydroxylation is 1. The number of furan rings is 1. The molecule has 2 aromatic rings. The number of pyridine rings is 1. The van der Waals surface area contributed by atoms with Crippen LogP contribution in [0.1, 0.15) is 23.9 Å². The summed E-state index contributed by atoms with van der Waals surface area (Å²) in [6, 6.07) is 5.97. The largest absolute Gasteiger partial charge is 0.467 e. The van der Waals surface area contributed by atoms with E-state index in [-0.39, 0.29) is 0 Å². The minimum absolute atomic E-state index is 0.497. The summed E-state index contributed by atoms with van der Waals surface area (Å²) in [5.74, 6) is 0.953. The average molecular weight is 245 g/mol. The molecule has 4 heteroatoms. The minimum atomic E-state index is 0.497. The van der Waals surface area contributed by atoms with Crippen LogP contribution in [0, 0.1) is 6.92 Å². The molecule has 0 fully saturated rings. The van der Waals surface area contributed by atoms with Crippen molar-refractivity contribution in [2.24, 2.45) is 5.73 Å². The van der Waals surface area contributed by atoms with Crippen LogP contribution in [0.3, 0.4) is 0 Å². The van der Waals surface area contributed by atoms with Gasteiger partial charge in [0.25, 0.3) is 0 Å². The highest BCUT2D eigenvalue weighted by molar-refractivity contribution is 5.53. The molecule has 4 nitrogen and oxygen atoms in total. The number of aromatic nitrogens is 1. The van der Waals surface area contributed by atoms with Gasteiger partial charge in [0, 0.05) is 36.2 Å². The van der Waals surface area contributed by atoms with Crippen molar-refractivity contribution in [1.82, 2.24) is 4.98 Å². The maximum absolute atomic E-state index is 5.78. The Kier molecular flexibility index (Phi) is 3.99. The first-order valence-electron chi connectivity index (χ1n) is 6.17. The molecule has 0 spiro atoms. The van der Waals surface area contributed by atoms with E-state index in [2.05, 4.69) is 22.9 Å². The Hall–Kier alpha value is -1.81. The summed E-state index contributed by atoms with van der Waals surface area (Å²) in [4.78, 5) is 6.54. The van der Waals surface area contributed by atoms with Gasteiger partial charge in [-0.3, -0.25) is 4.98 Å². The summed E-state index contributed by atoms with van der Waals surface area (Å²) in [5.41, 5.74) is 8.98. The van der Waals surface area contributed by atoms with Crippen molar-refractivity contribution in [2.75, 3.05) is 11.4 Å². The second kappa shape index (κ2) is 5.69. The summed E-state index contributed by atoms with van der Waals surface area (Å²) in [6.45, 7) is 6.26. The average Bonchev–Trinajstić information content (AvgIpc) is 2.88. The lowest BCUT2D eigenvalue weighted by molar-refractivity contribution is 0.503. The normalized spacial score (nSPS) is 10.6. The Labute approximate surface area is 107 Å². The second-order valence-corrected chi connectivity index (χ2v) is 4.25. The van der Waals surface area contributed by atoms with E-state index in [1.807, 2.05) is 25.3 Å². The van der Waals surface area contributed by atoms with Crippen LogP contribution >= 0.6 is 0 Å². The third kappa shape index (κ3) is 2.71. The summed E-state index contributed by atoms with van der Waals surface area (Å²) in [6.07, 6.45) is 3.56. The number of hydrogen-bond donors (Lipinski definition) is 1. The van der Waals surface area contributed by atoms with Gasteiger partial charge in [-0.05, 0) is 32.0 Å². The smallest absolute Gasteiger partial charge is 0.123 e. The third-order valence-corrected chi connectivity index (χ3v) is 2.97. The quantitative estimate of drug-likeness (QED) is 0.879. The number of nitrogens with two attached hydrogens (primary N) is 1. The molecule has 2 aromatic heterocycles. The van der Waals surface area contributed by atoms with Crippen LogP contribution in [0.25, 0.3) is 0 Å². The standard InChI is InChI=1S/C14H19N3O/c1-3-17(10-13-5-4-6-18-13)14-7-11(2)16-9-12(14)8-15/h4-7,9H,3,8,10,15H2,1-2H3. The molecular weight excluding hydrogens is 226 g/mol. The van der Waals surface area contributed by atoms with Crippen LogP contribution in [-0.2, 0) is 13.1 Å². The monoisotopic (exact) mass is 245 g/mol. The minimum Gasteiger partial charge on any atom is -0.467 e. The maximum Gasteiger partial charge on any atom is 0.123 e. The molecule has 2 N–H and O–H groups in total. The van der Waals surface area contributed by atoms with E-state index in [1.54, 1.807) is 6.26 Å². The highest BCUT2D eigenvalue weighted by Crippen LogP contribution is 2.22. The third-order valence-electron chi connectivity index (χ3n) is 2.97. The highest BCUT2D eigenvalue weighted by atomic mass is 16.3. The van der Waals surface area contributed by atoms with Crippen molar-refractivity contribution in [3.8, 4) is 0 Å². The second-order valence-electron chi connectivity index (χ2n) is 4.25. The fourth-order valence-corrected chi connectivity index (χ4v) is 1.98. The van der Waals surface area contributed by atoms with Gasteiger partial charge in [-0.15, -0.1) is 0 Å². The number of hydrogen-bond acceptors (Lipinski definition) is 4. The van der Waals surface area contributed by atoms with Crippen molar-refractivity contribution < 1.29 is 4.42 Å². The van der Waals surface area contributed by atoms with E-state index in [0.29, 0.717) is 6.54 Å². The Bertz CT molecular complexity index is 494. The van der Waals surface area contributed by atoms with E-state index in [9.17, 15) is 0 Å². The Morgan fingerprint density at radius 2 is 2.28 bits per heavy atom. The van der Waals surface area contributed by atoms with Crippen LogP contribution < -0.4 is 10.6 Å². The summed E-state index contributed by atoms with van der Waals surface area (Å²) >= 11 is 0. The van der Waals surface area contributed by atoms with E-state index >= 15 is 0 Å². The van der Waals surface area contributed by atoms with E-state index in [0.717, 1.165) is 35.8 Å². The van der Waals surface area contributed by atoms with Gasteiger partial charge in [-0.25, -0.2) is 0 Å². The van der Waals surface area contributed by atoms with Gasteiger partial charge >= 0.3 is 0 Å². The van der Waals surface area contributed by atoms with Gasteiger partial charge in [-0.1, -0.05) is 0 Å². The number of rotatable bonds is 5. The van der Waals surface area contributed by atoms with Crippen molar-refractivity contribution in [2.45, 2.75) is 26.9 Å². The molecule has 0 saturated heterocycles. The molecule has 0 bridgehead atoms. The topological polar surface area (TPSA) is 55.3 Å². The predicted molar refractivity (Wildman–Crippen MR) is 72.3 cm³/mol. The highest BCUT2D eigenvalue weighted by Gasteiger charge is 2.11. The summed E-state index contributed by atoms with van der Waals surface area (Å²) in [7, 11) is 0. The fourth-order valence-electron chi connectivity index (χ4n) is 1.98. The molecule has 0 aliphatic heterocycles. The first-order valence-corrected chi connectivity index (χ1v) is 6.17. The van der Waals surface area contributed by atoms with Crippen molar-refractivity contribution in [3.05, 3.63) is 47.7 Å². The first kappa shape index (κ1) is 12.6. The molecule has 0 atom stereocenters. The SMILES string of the molecule is CCN(Cc1ccco1)c1cc(C)ncc1CN. The van der Waals surface area contributed by atoms with Gasteiger partial charge in [0.15, 0.2) is 0 Å². The molecular formula is C14H19N3O. The maximum atomic E-state index is 5.78. The molecule has 0 aliphatic rings. The Morgan fingerprint density at radius 1 is 1.44 bits per heavy atom. The van der Waals surface area contributed by atoms with Gasteiger partial charge in [-0.2, -0.15) is 0 Å². The summed E-state index contributed by atoms with van der Waals surface area (Å²) in [5, 5.41) is 0. The van der Waals surface area contributed by atoms with Gasteiger partial charge in [0.05, 0.1) is 12.8 Å². The van der Waals surface area contributed by atoms with Crippen LogP contribution in [-0.4, -0.2) is 11.5 Å². The lowest BCUT2D eigenvalue weighted by Crippen LogP contribution is -2.24.